The molecule has 0 bridgehead atoms. The van der Waals surface area contributed by atoms with Gasteiger partial charge in [-0.2, -0.15) is 17.0 Å². The predicted octanol–water partition coefficient (Wildman–Crippen LogP) is 3.87. The number of nitrogens with one attached hydrogen (secondary N) is 1. The van der Waals surface area contributed by atoms with E-state index in [1.165, 1.54) is 0 Å². The van der Waals surface area contributed by atoms with E-state index in [1.807, 2.05) is 30.0 Å². The Kier molecular flexibility index (Phi) is 4.69. The summed E-state index contributed by atoms with van der Waals surface area (Å²) in [6.07, 6.45) is 2.10. The molecule has 1 rings (SSSR count). The molecule has 0 spiro atoms. The largest absolute Gasteiger partial charge is 0.384 e. The molecular weight excluding hydrogens is 284 g/mol. The summed E-state index contributed by atoms with van der Waals surface area (Å²) in [6, 6.07) is 7.80. The van der Waals surface area contributed by atoms with Gasteiger partial charge in [0.1, 0.15) is 0 Å². The fourth-order valence-electron chi connectivity index (χ4n) is 1.14. The fourth-order valence-corrected chi connectivity index (χ4v) is 1.85. The van der Waals surface area contributed by atoms with Crippen LogP contribution in [0.25, 0.3) is 0 Å². The van der Waals surface area contributed by atoms with E-state index < -0.39 is 0 Å². The van der Waals surface area contributed by atoms with E-state index in [0.717, 1.165) is 16.7 Å². The third kappa shape index (κ3) is 4.07. The Balaban J connectivity index is 2.75. The van der Waals surface area contributed by atoms with Crippen molar-refractivity contribution in [1.82, 2.24) is 0 Å². The molecule has 0 aliphatic carbocycles. The van der Waals surface area contributed by atoms with Crippen LogP contribution in [0.2, 0.25) is 0 Å². The average Bonchev–Trinajstić information content (AvgIpc) is 2.26. The molecule has 2 nitrogen and oxygen atoms in total. The summed E-state index contributed by atoms with van der Waals surface area (Å²) in [6.45, 7) is 5.25. The van der Waals surface area contributed by atoms with E-state index in [4.69, 9.17) is 5.26 Å². The molecule has 0 heterocycles. The van der Waals surface area contributed by atoms with Crippen molar-refractivity contribution < 1.29 is 0 Å². The summed E-state index contributed by atoms with van der Waals surface area (Å²) in [5.74, 6) is 0. The standard InChI is InChI=1S/C12H15BrN2S/c1-12(2,16-3)8-15-11-5-9(7-14)4-10(13)6-11/h4-6,15H,8H2,1-3H3. The first-order chi connectivity index (χ1) is 7.46. The zero-order valence-electron chi connectivity index (χ0n) is 9.67. The smallest absolute Gasteiger partial charge is 0.0992 e. The zero-order chi connectivity index (χ0) is 12.2. The molecule has 16 heavy (non-hydrogen) atoms. The highest BCUT2D eigenvalue weighted by atomic mass is 79.9. The van der Waals surface area contributed by atoms with Crippen molar-refractivity contribution >= 4 is 33.4 Å². The van der Waals surface area contributed by atoms with Crippen LogP contribution in [-0.4, -0.2) is 17.5 Å². The minimum atomic E-state index is 0.190. The van der Waals surface area contributed by atoms with Crippen LogP contribution in [0.1, 0.15) is 19.4 Å². The van der Waals surface area contributed by atoms with E-state index in [9.17, 15) is 0 Å². The lowest BCUT2D eigenvalue weighted by Gasteiger charge is -2.23. The van der Waals surface area contributed by atoms with Gasteiger partial charge in [-0.15, -0.1) is 0 Å². The Morgan fingerprint density at radius 3 is 2.69 bits per heavy atom. The maximum absolute atomic E-state index is 8.86. The Morgan fingerprint density at radius 2 is 2.12 bits per heavy atom. The van der Waals surface area contributed by atoms with Gasteiger partial charge in [0.05, 0.1) is 11.6 Å². The van der Waals surface area contributed by atoms with Gasteiger partial charge in [-0.25, -0.2) is 0 Å². The molecule has 1 N–H and O–H groups in total. The average molecular weight is 299 g/mol. The van der Waals surface area contributed by atoms with Crippen LogP contribution in [0.4, 0.5) is 5.69 Å². The van der Waals surface area contributed by atoms with Gasteiger partial charge in [-0.05, 0) is 38.3 Å². The minimum Gasteiger partial charge on any atom is -0.384 e. The van der Waals surface area contributed by atoms with Gasteiger partial charge in [0.25, 0.3) is 0 Å². The number of anilines is 1. The molecule has 4 heteroatoms. The minimum absolute atomic E-state index is 0.190. The van der Waals surface area contributed by atoms with Gasteiger partial charge in [0, 0.05) is 21.5 Å². The van der Waals surface area contributed by atoms with Crippen LogP contribution in [0.15, 0.2) is 22.7 Å². The topological polar surface area (TPSA) is 35.8 Å². The Labute approximate surface area is 110 Å². The quantitative estimate of drug-likeness (QED) is 0.916. The molecule has 0 aliphatic heterocycles. The van der Waals surface area contributed by atoms with Crippen LogP contribution in [0.3, 0.4) is 0 Å². The second-order valence-corrected chi connectivity index (χ2v) is 6.59. The third-order valence-electron chi connectivity index (χ3n) is 2.30. The molecule has 0 atom stereocenters. The molecule has 0 radical (unpaired) electrons. The first-order valence-corrected chi connectivity index (χ1v) is 6.98. The first kappa shape index (κ1) is 13.4. The van der Waals surface area contributed by atoms with Crippen molar-refractivity contribution in [1.29, 1.82) is 5.26 Å². The first-order valence-electron chi connectivity index (χ1n) is 4.96. The highest BCUT2D eigenvalue weighted by Crippen LogP contribution is 2.24. The van der Waals surface area contributed by atoms with E-state index in [0.29, 0.717) is 5.56 Å². The highest BCUT2D eigenvalue weighted by Gasteiger charge is 2.15. The lowest BCUT2D eigenvalue weighted by atomic mass is 10.2. The van der Waals surface area contributed by atoms with Crippen LogP contribution in [0, 0.1) is 11.3 Å². The summed E-state index contributed by atoms with van der Waals surface area (Å²) in [5.41, 5.74) is 1.65. The van der Waals surface area contributed by atoms with Gasteiger partial charge >= 0.3 is 0 Å². The van der Waals surface area contributed by atoms with Gasteiger partial charge < -0.3 is 5.32 Å². The monoisotopic (exact) mass is 298 g/mol. The molecular formula is C12H15BrN2S. The number of hydrogen-bond donors (Lipinski definition) is 1. The Morgan fingerprint density at radius 1 is 1.44 bits per heavy atom. The summed E-state index contributed by atoms with van der Waals surface area (Å²) in [7, 11) is 0. The molecule has 0 aliphatic rings. The molecule has 0 amide bonds. The number of benzene rings is 1. The van der Waals surface area contributed by atoms with Gasteiger partial charge in [0.15, 0.2) is 0 Å². The molecule has 86 valence electrons. The number of rotatable bonds is 4. The van der Waals surface area contributed by atoms with Gasteiger partial charge in [0.2, 0.25) is 0 Å². The number of nitrogens with zero attached hydrogens (tertiary/aromatic N) is 1. The maximum atomic E-state index is 8.86. The lowest BCUT2D eigenvalue weighted by molar-refractivity contribution is 0.752. The Hall–Kier alpha value is -0.660. The van der Waals surface area contributed by atoms with Crippen molar-refractivity contribution in [3.8, 4) is 6.07 Å². The van der Waals surface area contributed by atoms with E-state index >= 15 is 0 Å². The van der Waals surface area contributed by atoms with Crippen LogP contribution in [-0.2, 0) is 0 Å². The molecule has 0 saturated carbocycles. The highest BCUT2D eigenvalue weighted by molar-refractivity contribution is 9.10. The molecule has 0 saturated heterocycles. The zero-order valence-corrected chi connectivity index (χ0v) is 12.1. The molecule has 1 aromatic rings. The lowest BCUT2D eigenvalue weighted by Crippen LogP contribution is -2.25. The summed E-state index contributed by atoms with van der Waals surface area (Å²) >= 11 is 5.22. The fraction of sp³-hybridized carbons (Fsp3) is 0.417. The molecule has 0 aromatic heterocycles. The van der Waals surface area contributed by atoms with E-state index in [1.54, 1.807) is 0 Å². The van der Waals surface area contributed by atoms with Crippen molar-refractivity contribution in [3.05, 3.63) is 28.2 Å². The normalized spacial score (nSPS) is 10.9. The van der Waals surface area contributed by atoms with Crippen LogP contribution in [0.5, 0.6) is 0 Å². The summed E-state index contributed by atoms with van der Waals surface area (Å²) in [4.78, 5) is 0. The summed E-state index contributed by atoms with van der Waals surface area (Å²) < 4.78 is 1.12. The van der Waals surface area contributed by atoms with Crippen LogP contribution < -0.4 is 5.32 Å². The van der Waals surface area contributed by atoms with Crippen molar-refractivity contribution in [3.63, 3.8) is 0 Å². The SMILES string of the molecule is CSC(C)(C)CNc1cc(Br)cc(C#N)c1. The Bertz CT molecular complexity index is 410. The second-order valence-electron chi connectivity index (χ2n) is 4.16. The van der Waals surface area contributed by atoms with Gasteiger partial charge in [-0.1, -0.05) is 15.9 Å². The predicted molar refractivity (Wildman–Crippen MR) is 74.9 cm³/mol. The van der Waals surface area contributed by atoms with Crippen molar-refractivity contribution in [2.24, 2.45) is 0 Å². The van der Waals surface area contributed by atoms with Crippen molar-refractivity contribution in [2.45, 2.75) is 18.6 Å². The van der Waals surface area contributed by atoms with Gasteiger partial charge in [-0.3, -0.25) is 0 Å². The van der Waals surface area contributed by atoms with Crippen molar-refractivity contribution in [2.75, 3.05) is 18.1 Å². The second kappa shape index (κ2) is 5.60. The van der Waals surface area contributed by atoms with E-state index in [2.05, 4.69) is 47.4 Å². The number of hydrogen-bond acceptors (Lipinski definition) is 3. The number of nitriles is 1. The maximum Gasteiger partial charge on any atom is 0.0992 e. The molecule has 0 fully saturated rings. The number of halogens is 1. The molecule has 1 aromatic carbocycles. The summed E-state index contributed by atoms with van der Waals surface area (Å²) in [5, 5.41) is 12.2. The van der Waals surface area contributed by atoms with E-state index in [-0.39, 0.29) is 4.75 Å². The number of thioether (sulfide) groups is 1. The molecule has 0 unspecified atom stereocenters. The van der Waals surface area contributed by atoms with Crippen LogP contribution >= 0.6 is 27.7 Å². The third-order valence-corrected chi connectivity index (χ3v) is 4.01.